The van der Waals surface area contributed by atoms with Crippen molar-refractivity contribution in [3.8, 4) is 5.75 Å². The molecular weight excluding hydrogens is 306 g/mol. The van der Waals surface area contributed by atoms with E-state index in [1.54, 1.807) is 11.8 Å². The lowest BCUT2D eigenvalue weighted by atomic mass is 10.2. The fraction of sp³-hybridized carbons (Fsp3) is 0.316. The Kier molecular flexibility index (Phi) is 7.01. The van der Waals surface area contributed by atoms with Crippen molar-refractivity contribution in [1.82, 2.24) is 5.32 Å². The van der Waals surface area contributed by atoms with E-state index in [0.29, 0.717) is 13.2 Å². The Bertz CT molecular complexity index is 616. The molecule has 0 saturated heterocycles. The molecule has 2 rings (SSSR count). The first kappa shape index (κ1) is 17.4. The number of ether oxygens (including phenoxy) is 1. The smallest absolute Gasteiger partial charge is 0.232 e. The van der Waals surface area contributed by atoms with Gasteiger partial charge in [-0.05, 0) is 37.1 Å². The topological polar surface area (TPSA) is 38.3 Å². The predicted octanol–water partition coefficient (Wildman–Crippen LogP) is 3.81. The van der Waals surface area contributed by atoms with Gasteiger partial charge in [0.05, 0.1) is 11.8 Å². The van der Waals surface area contributed by atoms with Crippen LogP contribution in [-0.4, -0.2) is 24.3 Å². The molecule has 0 aliphatic heterocycles. The highest BCUT2D eigenvalue weighted by Crippen LogP contribution is 2.17. The zero-order chi connectivity index (χ0) is 16.5. The van der Waals surface area contributed by atoms with Crippen LogP contribution >= 0.6 is 11.8 Å². The first-order valence-electron chi connectivity index (χ1n) is 7.78. The number of rotatable bonds is 8. The minimum Gasteiger partial charge on any atom is -0.492 e. The number of carbonyl (C=O) groups is 1. The number of thioether (sulfide) groups is 1. The van der Waals surface area contributed by atoms with Gasteiger partial charge >= 0.3 is 0 Å². The molecule has 1 atom stereocenters. The number of aryl methyl sites for hydroxylation is 1. The van der Waals surface area contributed by atoms with Crippen LogP contribution in [0.5, 0.6) is 5.75 Å². The summed E-state index contributed by atoms with van der Waals surface area (Å²) in [5, 5.41) is 2.84. The standard InChI is InChI=1S/C19H23NO2S/c1-15-7-6-10-18(13-15)22-12-11-20-19(21)16(2)23-14-17-8-4-3-5-9-17/h3-10,13,16H,11-12,14H2,1-2H3,(H,20,21)/t16-/m1/s1. The molecule has 0 aliphatic carbocycles. The van der Waals surface area contributed by atoms with Crippen LogP contribution in [0.15, 0.2) is 54.6 Å². The molecule has 3 nitrogen and oxygen atoms in total. The van der Waals surface area contributed by atoms with Gasteiger partial charge in [0.1, 0.15) is 12.4 Å². The lowest BCUT2D eigenvalue weighted by molar-refractivity contribution is -0.120. The zero-order valence-corrected chi connectivity index (χ0v) is 14.4. The molecule has 0 heterocycles. The number of hydrogen-bond donors (Lipinski definition) is 1. The molecule has 2 aromatic carbocycles. The van der Waals surface area contributed by atoms with Gasteiger partial charge < -0.3 is 10.1 Å². The molecule has 0 saturated carbocycles. The molecule has 0 aromatic heterocycles. The van der Waals surface area contributed by atoms with E-state index in [1.165, 1.54) is 5.56 Å². The van der Waals surface area contributed by atoms with Crippen LogP contribution in [0.4, 0.5) is 0 Å². The second kappa shape index (κ2) is 9.26. The predicted molar refractivity (Wildman–Crippen MR) is 96.9 cm³/mol. The van der Waals surface area contributed by atoms with Gasteiger partial charge in [-0.2, -0.15) is 0 Å². The Balaban J connectivity index is 1.64. The van der Waals surface area contributed by atoms with Gasteiger partial charge in [-0.25, -0.2) is 0 Å². The third-order valence-corrected chi connectivity index (χ3v) is 4.59. The first-order valence-corrected chi connectivity index (χ1v) is 8.83. The largest absolute Gasteiger partial charge is 0.492 e. The maximum Gasteiger partial charge on any atom is 0.232 e. The fourth-order valence-electron chi connectivity index (χ4n) is 2.06. The lowest BCUT2D eigenvalue weighted by Crippen LogP contribution is -2.34. The van der Waals surface area contributed by atoms with Crippen LogP contribution in [0.3, 0.4) is 0 Å². The highest BCUT2D eigenvalue weighted by atomic mass is 32.2. The molecule has 23 heavy (non-hydrogen) atoms. The molecule has 0 fully saturated rings. The van der Waals surface area contributed by atoms with E-state index >= 15 is 0 Å². The summed E-state index contributed by atoms with van der Waals surface area (Å²) in [6.45, 7) is 4.96. The Morgan fingerprint density at radius 2 is 1.96 bits per heavy atom. The Hall–Kier alpha value is -1.94. The van der Waals surface area contributed by atoms with Crippen molar-refractivity contribution < 1.29 is 9.53 Å². The normalized spacial score (nSPS) is 11.7. The van der Waals surface area contributed by atoms with Gasteiger partial charge in [-0.15, -0.1) is 11.8 Å². The Labute approximate surface area is 142 Å². The lowest BCUT2D eigenvalue weighted by Gasteiger charge is -2.12. The van der Waals surface area contributed by atoms with Gasteiger partial charge in [-0.1, -0.05) is 42.5 Å². The molecule has 0 unspecified atom stereocenters. The average Bonchev–Trinajstić information content (AvgIpc) is 2.57. The third-order valence-electron chi connectivity index (χ3n) is 3.37. The van der Waals surface area contributed by atoms with Crippen molar-refractivity contribution in [2.24, 2.45) is 0 Å². The van der Waals surface area contributed by atoms with Crippen molar-refractivity contribution >= 4 is 17.7 Å². The van der Waals surface area contributed by atoms with Crippen molar-refractivity contribution in [2.75, 3.05) is 13.2 Å². The minimum absolute atomic E-state index is 0.0544. The van der Waals surface area contributed by atoms with E-state index < -0.39 is 0 Å². The molecule has 1 N–H and O–H groups in total. The zero-order valence-electron chi connectivity index (χ0n) is 13.6. The van der Waals surface area contributed by atoms with E-state index in [2.05, 4.69) is 17.4 Å². The van der Waals surface area contributed by atoms with Crippen molar-refractivity contribution in [2.45, 2.75) is 24.9 Å². The monoisotopic (exact) mass is 329 g/mol. The van der Waals surface area contributed by atoms with Gasteiger partial charge in [0.15, 0.2) is 0 Å². The Morgan fingerprint density at radius 1 is 1.17 bits per heavy atom. The highest BCUT2D eigenvalue weighted by molar-refractivity contribution is 7.99. The van der Waals surface area contributed by atoms with Crippen LogP contribution in [0, 0.1) is 6.92 Å². The van der Waals surface area contributed by atoms with Crippen LogP contribution in [0.25, 0.3) is 0 Å². The molecule has 2 aromatic rings. The average molecular weight is 329 g/mol. The third kappa shape index (κ3) is 6.37. The number of hydrogen-bond acceptors (Lipinski definition) is 3. The molecule has 122 valence electrons. The van der Waals surface area contributed by atoms with Crippen LogP contribution in [0.1, 0.15) is 18.1 Å². The van der Waals surface area contributed by atoms with Crippen molar-refractivity contribution in [1.29, 1.82) is 0 Å². The van der Waals surface area contributed by atoms with Crippen LogP contribution in [-0.2, 0) is 10.5 Å². The quantitative estimate of drug-likeness (QED) is 0.748. The maximum atomic E-state index is 12.0. The second-order valence-corrected chi connectivity index (χ2v) is 6.72. The highest BCUT2D eigenvalue weighted by Gasteiger charge is 2.12. The summed E-state index contributed by atoms with van der Waals surface area (Å²) in [5.74, 6) is 1.74. The molecule has 1 amide bonds. The second-order valence-electron chi connectivity index (χ2n) is 5.39. The van der Waals surface area contributed by atoms with E-state index in [4.69, 9.17) is 4.74 Å². The molecule has 4 heteroatoms. The molecule has 0 bridgehead atoms. The van der Waals surface area contributed by atoms with Gasteiger partial charge in [0, 0.05) is 5.75 Å². The summed E-state index contributed by atoms with van der Waals surface area (Å²) in [4.78, 5) is 12.0. The number of nitrogens with one attached hydrogen (secondary N) is 1. The molecule has 0 radical (unpaired) electrons. The summed E-state index contributed by atoms with van der Waals surface area (Å²) in [7, 11) is 0. The SMILES string of the molecule is Cc1cccc(OCCNC(=O)[C@@H](C)SCc2ccccc2)c1. The minimum atomic E-state index is -0.0748. The summed E-state index contributed by atoms with van der Waals surface area (Å²) in [6.07, 6.45) is 0. The van der Waals surface area contributed by atoms with Gasteiger partial charge in [0.2, 0.25) is 5.91 Å². The van der Waals surface area contributed by atoms with Crippen LogP contribution < -0.4 is 10.1 Å². The Morgan fingerprint density at radius 3 is 2.70 bits per heavy atom. The number of carbonyl (C=O) groups excluding carboxylic acids is 1. The number of amides is 1. The molecular formula is C19H23NO2S. The summed E-state index contributed by atoms with van der Waals surface area (Å²) < 4.78 is 5.62. The summed E-state index contributed by atoms with van der Waals surface area (Å²) in [5.41, 5.74) is 2.40. The maximum absolute atomic E-state index is 12.0. The van der Waals surface area contributed by atoms with E-state index in [1.807, 2.05) is 56.3 Å². The fourth-order valence-corrected chi connectivity index (χ4v) is 2.93. The van der Waals surface area contributed by atoms with Gasteiger partial charge in [-0.3, -0.25) is 4.79 Å². The number of benzene rings is 2. The van der Waals surface area contributed by atoms with E-state index in [0.717, 1.165) is 17.1 Å². The molecule has 0 spiro atoms. The summed E-state index contributed by atoms with van der Waals surface area (Å²) in [6, 6.07) is 18.1. The summed E-state index contributed by atoms with van der Waals surface area (Å²) >= 11 is 1.64. The van der Waals surface area contributed by atoms with Crippen molar-refractivity contribution in [3.63, 3.8) is 0 Å². The van der Waals surface area contributed by atoms with Gasteiger partial charge in [0.25, 0.3) is 0 Å². The van der Waals surface area contributed by atoms with Crippen LogP contribution in [0.2, 0.25) is 0 Å². The first-order chi connectivity index (χ1) is 11.1. The van der Waals surface area contributed by atoms with E-state index in [9.17, 15) is 4.79 Å². The van der Waals surface area contributed by atoms with E-state index in [-0.39, 0.29) is 11.2 Å². The molecule has 0 aliphatic rings. The van der Waals surface area contributed by atoms with Crippen molar-refractivity contribution in [3.05, 3.63) is 65.7 Å².